The molecule has 2 unspecified atom stereocenters. The fourth-order valence-corrected chi connectivity index (χ4v) is 2.24. The van der Waals surface area contributed by atoms with Gasteiger partial charge in [0.05, 0.1) is 0 Å². The highest BCUT2D eigenvalue weighted by Crippen LogP contribution is 2.45. The Morgan fingerprint density at radius 2 is 1.88 bits per heavy atom. The fraction of sp³-hybridized carbons (Fsp3) is 0.600. The molecule has 0 heterocycles. The molecule has 0 bridgehead atoms. The Bertz CT molecular complexity index is 350. The zero-order valence-electron chi connectivity index (χ0n) is 10.9. The summed E-state index contributed by atoms with van der Waals surface area (Å²) in [6.45, 7) is 9.08. The first-order valence-electron chi connectivity index (χ1n) is 6.35. The summed E-state index contributed by atoms with van der Waals surface area (Å²) in [6.07, 6.45) is 2.48. The largest absolute Gasteiger partial charge is 0.307 e. The van der Waals surface area contributed by atoms with Gasteiger partial charge in [-0.15, -0.1) is 0 Å². The monoisotopic (exact) mass is 217 g/mol. The topological polar surface area (TPSA) is 12.0 Å². The highest BCUT2D eigenvalue weighted by molar-refractivity contribution is 5.24. The summed E-state index contributed by atoms with van der Waals surface area (Å²) in [5.74, 6) is 0. The van der Waals surface area contributed by atoms with E-state index in [4.69, 9.17) is 0 Å². The maximum Gasteiger partial charge on any atom is 0.0320 e. The van der Waals surface area contributed by atoms with Crippen LogP contribution in [0.15, 0.2) is 24.3 Å². The van der Waals surface area contributed by atoms with Crippen LogP contribution in [0, 0.1) is 12.3 Å². The molecule has 0 aliphatic heterocycles. The van der Waals surface area contributed by atoms with Crippen LogP contribution in [0.1, 0.15) is 50.8 Å². The molecule has 88 valence electrons. The minimum atomic E-state index is 0.512. The first-order chi connectivity index (χ1) is 7.53. The molecule has 0 amide bonds. The summed E-state index contributed by atoms with van der Waals surface area (Å²) in [5, 5.41) is 3.77. The normalized spacial score (nSPS) is 24.1. The minimum Gasteiger partial charge on any atom is -0.307 e. The molecule has 0 spiro atoms. The van der Waals surface area contributed by atoms with E-state index in [1.165, 1.54) is 17.5 Å². The third kappa shape index (κ3) is 2.46. The maximum absolute atomic E-state index is 3.77. The van der Waals surface area contributed by atoms with Crippen LogP contribution < -0.4 is 5.32 Å². The van der Waals surface area contributed by atoms with E-state index in [1.54, 1.807) is 0 Å². The van der Waals surface area contributed by atoms with Gasteiger partial charge in [0.2, 0.25) is 0 Å². The Morgan fingerprint density at radius 3 is 2.31 bits per heavy atom. The van der Waals surface area contributed by atoms with Crippen molar-refractivity contribution in [2.24, 2.45) is 5.41 Å². The van der Waals surface area contributed by atoms with Crippen molar-refractivity contribution >= 4 is 0 Å². The van der Waals surface area contributed by atoms with E-state index >= 15 is 0 Å². The summed E-state index contributed by atoms with van der Waals surface area (Å²) >= 11 is 0. The Labute approximate surface area is 99.3 Å². The van der Waals surface area contributed by atoms with Crippen molar-refractivity contribution < 1.29 is 0 Å². The van der Waals surface area contributed by atoms with Crippen LogP contribution in [-0.2, 0) is 0 Å². The Kier molecular flexibility index (Phi) is 3.07. The van der Waals surface area contributed by atoms with Crippen LogP contribution in [0.2, 0.25) is 0 Å². The summed E-state index contributed by atoms with van der Waals surface area (Å²) in [5.41, 5.74) is 3.28. The van der Waals surface area contributed by atoms with Gasteiger partial charge in [0.15, 0.2) is 0 Å². The first-order valence-corrected chi connectivity index (χ1v) is 6.35. The van der Waals surface area contributed by atoms with Crippen molar-refractivity contribution in [2.45, 2.75) is 52.6 Å². The van der Waals surface area contributed by atoms with Crippen LogP contribution in [0.5, 0.6) is 0 Å². The summed E-state index contributed by atoms with van der Waals surface area (Å²) in [7, 11) is 0. The van der Waals surface area contributed by atoms with E-state index in [0.717, 1.165) is 6.42 Å². The molecular weight excluding hydrogens is 194 g/mol. The average Bonchev–Trinajstić information content (AvgIpc) is 2.84. The lowest BCUT2D eigenvalue weighted by Gasteiger charge is -2.19. The zero-order valence-corrected chi connectivity index (χ0v) is 10.9. The maximum atomic E-state index is 3.77. The highest BCUT2D eigenvalue weighted by atomic mass is 15.0. The number of benzene rings is 1. The van der Waals surface area contributed by atoms with Gasteiger partial charge in [-0.05, 0) is 30.7 Å². The van der Waals surface area contributed by atoms with Gasteiger partial charge in [0, 0.05) is 12.1 Å². The quantitative estimate of drug-likeness (QED) is 0.808. The predicted molar refractivity (Wildman–Crippen MR) is 69.5 cm³/mol. The molecule has 1 aromatic carbocycles. The van der Waals surface area contributed by atoms with E-state index in [1.807, 2.05) is 0 Å². The molecule has 2 rings (SSSR count). The molecule has 0 saturated heterocycles. The predicted octanol–water partition coefficient (Wildman–Crippen LogP) is 3.83. The molecule has 1 aliphatic carbocycles. The fourth-order valence-electron chi connectivity index (χ4n) is 2.24. The van der Waals surface area contributed by atoms with Crippen LogP contribution in [0.4, 0.5) is 0 Å². The third-order valence-electron chi connectivity index (χ3n) is 3.80. The second-order valence-electron chi connectivity index (χ2n) is 5.78. The van der Waals surface area contributed by atoms with Crippen molar-refractivity contribution in [1.29, 1.82) is 0 Å². The van der Waals surface area contributed by atoms with Crippen LogP contribution in [-0.4, -0.2) is 6.04 Å². The first kappa shape index (κ1) is 11.7. The highest BCUT2D eigenvalue weighted by Gasteiger charge is 2.46. The molecule has 1 saturated carbocycles. The summed E-state index contributed by atoms with van der Waals surface area (Å²) < 4.78 is 0. The zero-order chi connectivity index (χ0) is 11.8. The third-order valence-corrected chi connectivity index (χ3v) is 3.80. The molecule has 2 atom stereocenters. The number of hydrogen-bond donors (Lipinski definition) is 1. The Hall–Kier alpha value is -0.820. The molecule has 16 heavy (non-hydrogen) atoms. The summed E-state index contributed by atoms with van der Waals surface area (Å²) in [4.78, 5) is 0. The van der Waals surface area contributed by atoms with Gasteiger partial charge in [-0.2, -0.15) is 0 Å². The van der Waals surface area contributed by atoms with Gasteiger partial charge in [0.1, 0.15) is 0 Å². The van der Waals surface area contributed by atoms with Gasteiger partial charge >= 0.3 is 0 Å². The SMILES string of the molecule is CCC(NC1CC1(C)C)c1ccc(C)cc1. The van der Waals surface area contributed by atoms with Crippen molar-refractivity contribution in [3.05, 3.63) is 35.4 Å². The van der Waals surface area contributed by atoms with Crippen molar-refractivity contribution in [3.63, 3.8) is 0 Å². The standard InChI is InChI=1S/C15H23N/c1-5-13(16-14-10-15(14,3)4)12-8-6-11(2)7-9-12/h6-9,13-14,16H,5,10H2,1-4H3. The Balaban J connectivity index is 2.02. The van der Waals surface area contributed by atoms with E-state index in [-0.39, 0.29) is 0 Å². The molecular formula is C15H23N. The lowest BCUT2D eigenvalue weighted by atomic mass is 10.0. The van der Waals surface area contributed by atoms with Gasteiger partial charge in [-0.3, -0.25) is 0 Å². The van der Waals surface area contributed by atoms with Gasteiger partial charge in [0.25, 0.3) is 0 Å². The molecule has 1 aromatic rings. The van der Waals surface area contributed by atoms with Crippen LogP contribution in [0.3, 0.4) is 0 Å². The second kappa shape index (κ2) is 4.21. The lowest BCUT2D eigenvalue weighted by Crippen LogP contribution is -2.25. The molecule has 1 fully saturated rings. The van der Waals surface area contributed by atoms with Gasteiger partial charge < -0.3 is 5.32 Å². The Morgan fingerprint density at radius 1 is 1.31 bits per heavy atom. The number of aryl methyl sites for hydroxylation is 1. The molecule has 0 aromatic heterocycles. The molecule has 0 radical (unpaired) electrons. The van der Waals surface area contributed by atoms with Crippen molar-refractivity contribution in [3.8, 4) is 0 Å². The van der Waals surface area contributed by atoms with E-state index in [0.29, 0.717) is 17.5 Å². The van der Waals surface area contributed by atoms with Gasteiger partial charge in [-0.1, -0.05) is 50.6 Å². The van der Waals surface area contributed by atoms with Crippen molar-refractivity contribution in [1.82, 2.24) is 5.32 Å². The molecule has 1 N–H and O–H groups in total. The van der Waals surface area contributed by atoms with Crippen molar-refractivity contribution in [2.75, 3.05) is 0 Å². The minimum absolute atomic E-state index is 0.512. The molecule has 1 aliphatic rings. The lowest BCUT2D eigenvalue weighted by molar-refractivity contribution is 0.461. The summed E-state index contributed by atoms with van der Waals surface area (Å²) in [6, 6.07) is 10.2. The van der Waals surface area contributed by atoms with E-state index in [9.17, 15) is 0 Å². The van der Waals surface area contributed by atoms with Crippen LogP contribution >= 0.6 is 0 Å². The molecule has 1 nitrogen and oxygen atoms in total. The smallest absolute Gasteiger partial charge is 0.0320 e. The number of rotatable bonds is 4. The number of hydrogen-bond acceptors (Lipinski definition) is 1. The average molecular weight is 217 g/mol. The van der Waals surface area contributed by atoms with E-state index in [2.05, 4.69) is 57.3 Å². The number of nitrogens with one attached hydrogen (secondary N) is 1. The van der Waals surface area contributed by atoms with E-state index < -0.39 is 0 Å². The second-order valence-corrected chi connectivity index (χ2v) is 5.78. The molecule has 1 heteroatoms. The van der Waals surface area contributed by atoms with Crippen LogP contribution in [0.25, 0.3) is 0 Å². The van der Waals surface area contributed by atoms with Gasteiger partial charge in [-0.25, -0.2) is 0 Å².